The molecule has 130 valence electrons. The molecular formula is C16H21N3O3S2. The number of aryl methyl sites for hydroxylation is 1. The van der Waals surface area contributed by atoms with Gasteiger partial charge in [0.15, 0.2) is 0 Å². The van der Waals surface area contributed by atoms with Crippen LogP contribution in [0.5, 0.6) is 0 Å². The highest BCUT2D eigenvalue weighted by Gasteiger charge is 2.30. The van der Waals surface area contributed by atoms with Crippen LogP contribution in [0.3, 0.4) is 0 Å². The van der Waals surface area contributed by atoms with E-state index in [0.717, 1.165) is 25.7 Å². The largest absolute Gasteiger partial charge is 0.268 e. The Kier molecular flexibility index (Phi) is 4.89. The number of sulfonamides is 1. The monoisotopic (exact) mass is 367 g/mol. The lowest BCUT2D eigenvalue weighted by Gasteiger charge is -2.29. The smallest absolute Gasteiger partial charge is 0.266 e. The molecule has 0 radical (unpaired) electrons. The minimum absolute atomic E-state index is 0.0879. The number of hydrogen-bond acceptors (Lipinski definition) is 5. The molecule has 1 saturated carbocycles. The standard InChI is InChI=1S/C16H21N3O3S2/c1-18-15(20)9-8-14(17-18)12-10-16(23-11-12)24(21,22)19(2)13-6-4-3-5-7-13/h8-11,13H,3-7H2,1-2H3. The molecule has 3 rings (SSSR count). The molecule has 2 aromatic heterocycles. The molecule has 0 atom stereocenters. The van der Waals surface area contributed by atoms with Crippen LogP contribution in [-0.4, -0.2) is 35.6 Å². The van der Waals surface area contributed by atoms with E-state index in [1.807, 2.05) is 0 Å². The Balaban J connectivity index is 1.88. The van der Waals surface area contributed by atoms with Gasteiger partial charge in [-0.05, 0) is 25.0 Å². The minimum atomic E-state index is -3.49. The molecule has 0 aliphatic heterocycles. The molecule has 0 N–H and O–H groups in total. The summed E-state index contributed by atoms with van der Waals surface area (Å²) in [7, 11) is -0.237. The summed E-state index contributed by atoms with van der Waals surface area (Å²) in [5, 5.41) is 5.95. The molecule has 8 heteroatoms. The second kappa shape index (κ2) is 6.78. The maximum absolute atomic E-state index is 12.9. The van der Waals surface area contributed by atoms with Crippen LogP contribution in [0.1, 0.15) is 32.1 Å². The third-order valence-corrected chi connectivity index (χ3v) is 7.88. The minimum Gasteiger partial charge on any atom is -0.268 e. The van der Waals surface area contributed by atoms with E-state index < -0.39 is 10.0 Å². The van der Waals surface area contributed by atoms with Crippen molar-refractivity contribution in [3.63, 3.8) is 0 Å². The van der Waals surface area contributed by atoms with Gasteiger partial charge < -0.3 is 0 Å². The molecule has 1 aliphatic carbocycles. The quantitative estimate of drug-likeness (QED) is 0.832. The zero-order valence-corrected chi connectivity index (χ0v) is 15.4. The summed E-state index contributed by atoms with van der Waals surface area (Å²) in [5.74, 6) is 0. The van der Waals surface area contributed by atoms with Gasteiger partial charge in [0, 0.05) is 37.1 Å². The first-order valence-electron chi connectivity index (χ1n) is 8.01. The highest BCUT2D eigenvalue weighted by molar-refractivity contribution is 7.91. The SMILES string of the molecule is CN(C1CCCCC1)S(=O)(=O)c1cc(-c2ccc(=O)n(C)n2)cs1. The molecule has 1 aliphatic rings. The molecular weight excluding hydrogens is 346 g/mol. The average Bonchev–Trinajstić information content (AvgIpc) is 3.08. The molecule has 2 aromatic rings. The highest BCUT2D eigenvalue weighted by Crippen LogP contribution is 2.31. The van der Waals surface area contributed by atoms with E-state index in [1.165, 1.54) is 32.8 Å². The Morgan fingerprint density at radius 2 is 1.96 bits per heavy atom. The molecule has 6 nitrogen and oxygen atoms in total. The van der Waals surface area contributed by atoms with E-state index in [2.05, 4.69) is 5.10 Å². The topological polar surface area (TPSA) is 72.3 Å². The van der Waals surface area contributed by atoms with Gasteiger partial charge in [0.25, 0.3) is 15.6 Å². The maximum Gasteiger partial charge on any atom is 0.266 e. The average molecular weight is 367 g/mol. The van der Waals surface area contributed by atoms with Crippen molar-refractivity contribution in [2.75, 3.05) is 7.05 Å². The summed E-state index contributed by atoms with van der Waals surface area (Å²) in [6.07, 6.45) is 5.21. The second-order valence-corrected chi connectivity index (χ2v) is 9.28. The van der Waals surface area contributed by atoms with Crippen LogP contribution in [-0.2, 0) is 17.1 Å². The van der Waals surface area contributed by atoms with Gasteiger partial charge in [0.2, 0.25) is 0 Å². The summed E-state index contributed by atoms with van der Waals surface area (Å²) in [6, 6.07) is 4.78. The van der Waals surface area contributed by atoms with Crippen molar-refractivity contribution >= 4 is 21.4 Å². The summed E-state index contributed by atoms with van der Waals surface area (Å²) in [6.45, 7) is 0. The lowest BCUT2D eigenvalue weighted by atomic mass is 9.96. The normalized spacial score (nSPS) is 16.6. The summed E-state index contributed by atoms with van der Waals surface area (Å²) < 4.78 is 28.8. The Hall–Kier alpha value is -1.51. The molecule has 0 spiro atoms. The molecule has 2 heterocycles. The fourth-order valence-electron chi connectivity index (χ4n) is 3.03. The van der Waals surface area contributed by atoms with E-state index in [1.54, 1.807) is 31.6 Å². The van der Waals surface area contributed by atoms with Gasteiger partial charge in [-0.15, -0.1) is 11.3 Å². The van der Waals surface area contributed by atoms with Crippen LogP contribution in [0.4, 0.5) is 0 Å². The van der Waals surface area contributed by atoms with Crippen molar-refractivity contribution in [2.45, 2.75) is 42.4 Å². The van der Waals surface area contributed by atoms with Crippen molar-refractivity contribution in [1.82, 2.24) is 14.1 Å². The molecule has 0 aromatic carbocycles. The Morgan fingerprint density at radius 1 is 1.25 bits per heavy atom. The maximum atomic E-state index is 12.9. The van der Waals surface area contributed by atoms with E-state index in [9.17, 15) is 13.2 Å². The van der Waals surface area contributed by atoms with E-state index in [4.69, 9.17) is 0 Å². The predicted octanol–water partition coefficient (Wildman–Crippen LogP) is 2.46. The fraction of sp³-hybridized carbons (Fsp3) is 0.500. The first kappa shape index (κ1) is 17.3. The zero-order chi connectivity index (χ0) is 17.3. The number of hydrogen-bond donors (Lipinski definition) is 0. The first-order valence-corrected chi connectivity index (χ1v) is 10.3. The van der Waals surface area contributed by atoms with Gasteiger partial charge in [-0.1, -0.05) is 19.3 Å². The Labute approximate surface area is 145 Å². The summed E-state index contributed by atoms with van der Waals surface area (Å²) >= 11 is 1.20. The molecule has 0 saturated heterocycles. The van der Waals surface area contributed by atoms with E-state index in [0.29, 0.717) is 15.5 Å². The van der Waals surface area contributed by atoms with Crippen molar-refractivity contribution < 1.29 is 8.42 Å². The third kappa shape index (κ3) is 3.31. The number of rotatable bonds is 4. The van der Waals surface area contributed by atoms with Crippen LogP contribution in [0, 0.1) is 0 Å². The highest BCUT2D eigenvalue weighted by atomic mass is 32.2. The lowest BCUT2D eigenvalue weighted by molar-refractivity contribution is 0.286. The second-order valence-electron chi connectivity index (χ2n) is 6.15. The first-order chi connectivity index (χ1) is 11.4. The molecule has 24 heavy (non-hydrogen) atoms. The van der Waals surface area contributed by atoms with E-state index >= 15 is 0 Å². The Bertz CT molecular complexity index is 880. The molecule has 0 bridgehead atoms. The number of nitrogens with zero attached hydrogens (tertiary/aromatic N) is 3. The van der Waals surface area contributed by atoms with Gasteiger partial charge in [0.05, 0.1) is 5.69 Å². The number of thiophene rings is 1. The van der Waals surface area contributed by atoms with Gasteiger partial charge in [-0.25, -0.2) is 13.1 Å². The fourth-order valence-corrected chi connectivity index (χ4v) is 5.80. The van der Waals surface area contributed by atoms with Crippen LogP contribution in [0.25, 0.3) is 11.3 Å². The third-order valence-electron chi connectivity index (χ3n) is 4.55. The van der Waals surface area contributed by atoms with Gasteiger partial charge >= 0.3 is 0 Å². The van der Waals surface area contributed by atoms with Crippen molar-refractivity contribution in [1.29, 1.82) is 0 Å². The van der Waals surface area contributed by atoms with Gasteiger partial charge in [-0.2, -0.15) is 9.40 Å². The Morgan fingerprint density at radius 3 is 2.62 bits per heavy atom. The number of aromatic nitrogens is 2. The predicted molar refractivity (Wildman–Crippen MR) is 94.6 cm³/mol. The van der Waals surface area contributed by atoms with Crippen LogP contribution < -0.4 is 5.56 Å². The lowest BCUT2D eigenvalue weighted by Crippen LogP contribution is -2.37. The van der Waals surface area contributed by atoms with E-state index in [-0.39, 0.29) is 11.6 Å². The van der Waals surface area contributed by atoms with Crippen LogP contribution in [0.15, 0.2) is 32.6 Å². The van der Waals surface area contributed by atoms with Crippen molar-refractivity contribution in [2.24, 2.45) is 7.05 Å². The van der Waals surface area contributed by atoms with Crippen molar-refractivity contribution in [3.05, 3.63) is 33.9 Å². The van der Waals surface area contributed by atoms with Crippen molar-refractivity contribution in [3.8, 4) is 11.3 Å². The van der Waals surface area contributed by atoms with Crippen LogP contribution in [0.2, 0.25) is 0 Å². The van der Waals surface area contributed by atoms with Gasteiger partial charge in [0.1, 0.15) is 4.21 Å². The van der Waals surface area contributed by atoms with Gasteiger partial charge in [-0.3, -0.25) is 4.79 Å². The molecule has 0 unspecified atom stereocenters. The van der Waals surface area contributed by atoms with Crippen LogP contribution >= 0.6 is 11.3 Å². The summed E-state index contributed by atoms with van der Waals surface area (Å²) in [5.41, 5.74) is 1.11. The summed E-state index contributed by atoms with van der Waals surface area (Å²) in [4.78, 5) is 11.4. The zero-order valence-electron chi connectivity index (χ0n) is 13.8. The molecule has 0 amide bonds. The molecule has 1 fully saturated rings.